The van der Waals surface area contributed by atoms with E-state index in [1.807, 2.05) is 11.8 Å². The number of amides is 2. The molecule has 5 heteroatoms. The molecule has 5 nitrogen and oxygen atoms in total. The molecule has 2 aliphatic heterocycles. The summed E-state index contributed by atoms with van der Waals surface area (Å²) in [5.74, 6) is 0.272. The number of fused-ring (bicyclic) bond motifs is 1. The smallest absolute Gasteiger partial charge is 0.320 e. The van der Waals surface area contributed by atoms with Crippen LogP contribution in [0.5, 0.6) is 0 Å². The lowest BCUT2D eigenvalue weighted by molar-refractivity contribution is -0.142. The molecule has 3 rings (SSSR count). The van der Waals surface area contributed by atoms with Gasteiger partial charge in [-0.15, -0.1) is 0 Å². The number of urea groups is 1. The Hall–Kier alpha value is -1.26. The number of likely N-dealkylation sites (tertiary alicyclic amines) is 2. The van der Waals surface area contributed by atoms with E-state index in [4.69, 9.17) is 5.11 Å². The number of carboxylic acids is 1. The maximum atomic E-state index is 12.5. The van der Waals surface area contributed by atoms with Crippen LogP contribution in [0.1, 0.15) is 26.2 Å². The van der Waals surface area contributed by atoms with Crippen LogP contribution in [0.2, 0.25) is 0 Å². The zero-order chi connectivity index (χ0) is 13.6. The van der Waals surface area contributed by atoms with Crippen molar-refractivity contribution in [3.05, 3.63) is 0 Å². The molecular formula is C14H22N2O3. The quantitative estimate of drug-likeness (QED) is 0.782. The first-order chi connectivity index (χ1) is 9.06. The number of carboxylic acid groups (broad SMARTS) is 1. The van der Waals surface area contributed by atoms with E-state index < -0.39 is 11.9 Å². The lowest BCUT2D eigenvalue weighted by Crippen LogP contribution is -2.41. The fourth-order valence-corrected chi connectivity index (χ4v) is 4.04. The summed E-state index contributed by atoms with van der Waals surface area (Å²) >= 11 is 0. The Labute approximate surface area is 113 Å². The lowest BCUT2D eigenvalue weighted by atomic mass is 9.99. The highest BCUT2D eigenvalue weighted by atomic mass is 16.4. The number of carbonyl (C=O) groups excluding carboxylic acids is 1. The van der Waals surface area contributed by atoms with Crippen LogP contribution in [0.4, 0.5) is 4.79 Å². The molecule has 106 valence electrons. The fourth-order valence-electron chi connectivity index (χ4n) is 4.04. The zero-order valence-electron chi connectivity index (χ0n) is 11.4. The van der Waals surface area contributed by atoms with E-state index in [2.05, 4.69) is 0 Å². The first kappa shape index (κ1) is 12.8. The molecule has 3 aliphatic rings. The van der Waals surface area contributed by atoms with Crippen molar-refractivity contribution in [2.45, 2.75) is 26.2 Å². The van der Waals surface area contributed by atoms with Crippen molar-refractivity contribution in [2.75, 3.05) is 26.2 Å². The molecule has 0 aromatic rings. The molecule has 1 aliphatic carbocycles. The average molecular weight is 266 g/mol. The molecule has 2 heterocycles. The molecule has 0 aromatic carbocycles. The van der Waals surface area contributed by atoms with E-state index >= 15 is 0 Å². The number of nitrogens with zero attached hydrogens (tertiary/aromatic N) is 2. The maximum Gasteiger partial charge on any atom is 0.320 e. The van der Waals surface area contributed by atoms with Gasteiger partial charge in [-0.05, 0) is 30.6 Å². The van der Waals surface area contributed by atoms with Gasteiger partial charge >= 0.3 is 12.0 Å². The third-order valence-corrected chi connectivity index (χ3v) is 5.20. The molecule has 0 radical (unpaired) electrons. The highest BCUT2D eigenvalue weighted by molar-refractivity contribution is 5.78. The summed E-state index contributed by atoms with van der Waals surface area (Å²) in [6.07, 6.45) is 3.81. The number of carbonyl (C=O) groups is 2. The predicted molar refractivity (Wildman–Crippen MR) is 69.7 cm³/mol. The second-order valence-electron chi connectivity index (χ2n) is 6.47. The topological polar surface area (TPSA) is 60.9 Å². The van der Waals surface area contributed by atoms with Crippen LogP contribution in [0.3, 0.4) is 0 Å². The minimum absolute atomic E-state index is 0.0588. The van der Waals surface area contributed by atoms with Gasteiger partial charge in [0.15, 0.2) is 0 Å². The summed E-state index contributed by atoms with van der Waals surface area (Å²) in [6.45, 7) is 4.64. The summed E-state index contributed by atoms with van der Waals surface area (Å²) in [7, 11) is 0. The molecule has 2 unspecified atom stereocenters. The Bertz CT molecular complexity index is 386. The zero-order valence-corrected chi connectivity index (χ0v) is 11.4. The molecule has 2 amide bonds. The highest BCUT2D eigenvalue weighted by Gasteiger charge is 2.42. The molecule has 4 atom stereocenters. The van der Waals surface area contributed by atoms with Crippen LogP contribution in [0, 0.1) is 23.7 Å². The molecule has 19 heavy (non-hydrogen) atoms. The summed E-state index contributed by atoms with van der Waals surface area (Å²) in [4.78, 5) is 27.3. The van der Waals surface area contributed by atoms with Gasteiger partial charge in [0.1, 0.15) is 0 Å². The van der Waals surface area contributed by atoms with Crippen LogP contribution >= 0.6 is 0 Å². The van der Waals surface area contributed by atoms with Gasteiger partial charge in [-0.1, -0.05) is 13.3 Å². The van der Waals surface area contributed by atoms with Crippen molar-refractivity contribution >= 4 is 12.0 Å². The highest BCUT2D eigenvalue weighted by Crippen LogP contribution is 2.38. The van der Waals surface area contributed by atoms with E-state index in [-0.39, 0.29) is 11.9 Å². The molecule has 2 saturated heterocycles. The summed E-state index contributed by atoms with van der Waals surface area (Å²) in [5.41, 5.74) is 0. The molecule has 0 spiro atoms. The van der Waals surface area contributed by atoms with Crippen LogP contribution in [0.15, 0.2) is 0 Å². The van der Waals surface area contributed by atoms with Crippen molar-refractivity contribution < 1.29 is 14.7 Å². The van der Waals surface area contributed by atoms with Crippen LogP contribution in [-0.2, 0) is 4.79 Å². The number of hydrogen-bond donors (Lipinski definition) is 1. The third-order valence-electron chi connectivity index (χ3n) is 5.20. The van der Waals surface area contributed by atoms with Gasteiger partial charge in [0.2, 0.25) is 0 Å². The van der Waals surface area contributed by atoms with E-state index in [0.29, 0.717) is 24.9 Å². The SMILES string of the molecule is C[C@@H]1CN(C(=O)N2CC3CCCC3C2)C[C@H]1C(=O)O. The van der Waals surface area contributed by atoms with Gasteiger partial charge < -0.3 is 14.9 Å². The van der Waals surface area contributed by atoms with Crippen molar-refractivity contribution in [1.29, 1.82) is 0 Å². The van der Waals surface area contributed by atoms with Gasteiger partial charge in [0, 0.05) is 26.2 Å². The van der Waals surface area contributed by atoms with E-state index in [1.165, 1.54) is 19.3 Å². The summed E-state index contributed by atoms with van der Waals surface area (Å²) < 4.78 is 0. The van der Waals surface area contributed by atoms with E-state index in [9.17, 15) is 9.59 Å². The van der Waals surface area contributed by atoms with Crippen molar-refractivity contribution in [3.63, 3.8) is 0 Å². The Balaban J connectivity index is 1.61. The Morgan fingerprint density at radius 1 is 1.00 bits per heavy atom. The maximum absolute atomic E-state index is 12.5. The number of hydrogen-bond acceptors (Lipinski definition) is 2. The fraction of sp³-hybridized carbons (Fsp3) is 0.857. The second kappa shape index (κ2) is 4.69. The minimum atomic E-state index is -0.777. The lowest BCUT2D eigenvalue weighted by Gasteiger charge is -2.25. The van der Waals surface area contributed by atoms with Crippen molar-refractivity contribution in [2.24, 2.45) is 23.7 Å². The van der Waals surface area contributed by atoms with Gasteiger partial charge in [0.05, 0.1) is 5.92 Å². The number of rotatable bonds is 1. The normalized spacial score (nSPS) is 37.7. The standard InChI is InChI=1S/C14H22N2O3/c1-9-5-15(8-12(9)13(17)18)14(19)16-6-10-3-2-4-11(10)7-16/h9-12H,2-8H2,1H3,(H,17,18)/t9-,10?,11?,12-/m1/s1. The van der Waals surface area contributed by atoms with Crippen LogP contribution in [-0.4, -0.2) is 53.1 Å². The van der Waals surface area contributed by atoms with Gasteiger partial charge in [-0.25, -0.2) is 4.79 Å². The molecule has 1 saturated carbocycles. The molecular weight excluding hydrogens is 244 g/mol. The first-order valence-corrected chi connectivity index (χ1v) is 7.33. The average Bonchev–Trinajstić information content (AvgIpc) is 2.99. The van der Waals surface area contributed by atoms with E-state index in [0.717, 1.165) is 13.1 Å². The van der Waals surface area contributed by atoms with E-state index in [1.54, 1.807) is 4.90 Å². The summed E-state index contributed by atoms with van der Waals surface area (Å²) in [5, 5.41) is 9.13. The Kier molecular flexibility index (Phi) is 3.15. The number of aliphatic carboxylic acids is 1. The molecule has 3 fully saturated rings. The Morgan fingerprint density at radius 3 is 2.11 bits per heavy atom. The van der Waals surface area contributed by atoms with Crippen LogP contribution in [0.25, 0.3) is 0 Å². The van der Waals surface area contributed by atoms with Gasteiger partial charge in [0.25, 0.3) is 0 Å². The van der Waals surface area contributed by atoms with Gasteiger partial charge in [-0.3, -0.25) is 4.79 Å². The first-order valence-electron chi connectivity index (χ1n) is 7.33. The predicted octanol–water partition coefficient (Wildman–Crippen LogP) is 1.49. The minimum Gasteiger partial charge on any atom is -0.481 e. The molecule has 0 bridgehead atoms. The molecule has 0 aromatic heterocycles. The second-order valence-corrected chi connectivity index (χ2v) is 6.47. The largest absolute Gasteiger partial charge is 0.481 e. The van der Waals surface area contributed by atoms with Gasteiger partial charge in [-0.2, -0.15) is 0 Å². The monoisotopic (exact) mass is 266 g/mol. The van der Waals surface area contributed by atoms with Crippen molar-refractivity contribution in [1.82, 2.24) is 9.80 Å². The van der Waals surface area contributed by atoms with Crippen molar-refractivity contribution in [3.8, 4) is 0 Å². The molecule has 1 N–H and O–H groups in total. The van der Waals surface area contributed by atoms with Crippen LogP contribution < -0.4 is 0 Å². The third kappa shape index (κ3) is 2.19. The summed E-state index contributed by atoms with van der Waals surface area (Å²) in [6, 6.07) is 0.0602. The Morgan fingerprint density at radius 2 is 1.58 bits per heavy atom.